The molecular weight excluding hydrogens is 272 g/mol. The van der Waals surface area contributed by atoms with E-state index in [9.17, 15) is 14.9 Å². The summed E-state index contributed by atoms with van der Waals surface area (Å²) < 4.78 is 4.80. The van der Waals surface area contributed by atoms with E-state index in [1.54, 1.807) is 0 Å². The standard InChI is InChI=1S/C15H20N2O4/c1-9(2)11-13(15(18)21-3)16-12(14(11)17(19)20)10-7-5-4-6-8-10/h4-9,11-14,16H,1-3H3/t11-,12-,13-,14+/m0/s1. The summed E-state index contributed by atoms with van der Waals surface area (Å²) in [5.41, 5.74) is 0.816. The van der Waals surface area contributed by atoms with E-state index in [-0.39, 0.29) is 10.8 Å². The number of esters is 1. The van der Waals surface area contributed by atoms with E-state index in [0.717, 1.165) is 5.56 Å². The van der Waals surface area contributed by atoms with Gasteiger partial charge in [-0.25, -0.2) is 0 Å². The van der Waals surface area contributed by atoms with Crippen LogP contribution in [0.5, 0.6) is 0 Å². The van der Waals surface area contributed by atoms with Gasteiger partial charge in [-0.1, -0.05) is 44.2 Å². The third kappa shape index (κ3) is 2.90. The molecule has 1 aromatic carbocycles. The molecule has 1 fully saturated rings. The first kappa shape index (κ1) is 15.4. The fourth-order valence-corrected chi connectivity index (χ4v) is 3.17. The highest BCUT2D eigenvalue weighted by atomic mass is 16.6. The quantitative estimate of drug-likeness (QED) is 0.520. The number of carbonyl (C=O) groups excluding carboxylic acids is 1. The molecule has 0 radical (unpaired) electrons. The molecule has 1 saturated heterocycles. The average Bonchev–Trinajstić information content (AvgIpc) is 2.88. The van der Waals surface area contributed by atoms with E-state index in [1.165, 1.54) is 7.11 Å². The number of hydrogen-bond donors (Lipinski definition) is 1. The maximum absolute atomic E-state index is 12.0. The van der Waals surface area contributed by atoms with Crippen LogP contribution in [-0.2, 0) is 9.53 Å². The summed E-state index contributed by atoms with van der Waals surface area (Å²) in [4.78, 5) is 23.3. The largest absolute Gasteiger partial charge is 0.468 e. The molecule has 0 aliphatic carbocycles. The van der Waals surface area contributed by atoms with Crippen molar-refractivity contribution in [3.05, 3.63) is 46.0 Å². The fraction of sp³-hybridized carbons (Fsp3) is 0.533. The summed E-state index contributed by atoms with van der Waals surface area (Å²) in [5, 5.41) is 14.7. The minimum absolute atomic E-state index is 0.00860. The van der Waals surface area contributed by atoms with E-state index in [0.29, 0.717) is 0 Å². The third-order valence-corrected chi connectivity index (χ3v) is 4.11. The van der Waals surface area contributed by atoms with Crippen LogP contribution in [0.1, 0.15) is 25.5 Å². The lowest BCUT2D eigenvalue weighted by molar-refractivity contribution is -0.534. The molecule has 0 saturated carbocycles. The predicted octanol–water partition coefficient (Wildman–Crippen LogP) is 1.79. The summed E-state index contributed by atoms with van der Waals surface area (Å²) >= 11 is 0. The second kappa shape index (κ2) is 6.22. The van der Waals surface area contributed by atoms with Crippen LogP contribution in [0.4, 0.5) is 0 Å². The van der Waals surface area contributed by atoms with Gasteiger partial charge in [-0.2, -0.15) is 0 Å². The van der Waals surface area contributed by atoms with E-state index in [1.807, 2.05) is 44.2 Å². The molecule has 0 spiro atoms. The van der Waals surface area contributed by atoms with Crippen LogP contribution in [0.3, 0.4) is 0 Å². The van der Waals surface area contributed by atoms with Crippen molar-refractivity contribution in [3.8, 4) is 0 Å². The summed E-state index contributed by atoms with van der Waals surface area (Å²) in [6.45, 7) is 3.79. The molecule has 0 aromatic heterocycles. The Bertz CT molecular complexity index is 518. The zero-order chi connectivity index (χ0) is 15.6. The van der Waals surface area contributed by atoms with Gasteiger partial charge in [0.2, 0.25) is 6.04 Å². The number of methoxy groups -OCH3 is 1. The monoisotopic (exact) mass is 292 g/mol. The Labute approximate surface area is 123 Å². The van der Waals surface area contributed by atoms with E-state index in [2.05, 4.69) is 5.32 Å². The Kier molecular flexibility index (Phi) is 4.57. The average molecular weight is 292 g/mol. The van der Waals surface area contributed by atoms with Crippen LogP contribution < -0.4 is 5.32 Å². The van der Waals surface area contributed by atoms with Crippen molar-refractivity contribution in [2.75, 3.05) is 7.11 Å². The molecule has 1 heterocycles. The summed E-state index contributed by atoms with van der Waals surface area (Å²) in [6.07, 6.45) is 0. The van der Waals surface area contributed by atoms with Gasteiger partial charge in [0.05, 0.1) is 13.0 Å². The molecule has 6 nitrogen and oxygen atoms in total. The maximum atomic E-state index is 12.0. The van der Waals surface area contributed by atoms with Crippen molar-refractivity contribution in [2.24, 2.45) is 11.8 Å². The lowest BCUT2D eigenvalue weighted by Gasteiger charge is -2.21. The van der Waals surface area contributed by atoms with Gasteiger partial charge >= 0.3 is 5.97 Å². The second-order valence-corrected chi connectivity index (χ2v) is 5.65. The van der Waals surface area contributed by atoms with Crippen LogP contribution in [0, 0.1) is 22.0 Å². The molecule has 0 amide bonds. The van der Waals surface area contributed by atoms with Crippen molar-refractivity contribution < 1.29 is 14.5 Å². The number of hydrogen-bond acceptors (Lipinski definition) is 5. The molecule has 21 heavy (non-hydrogen) atoms. The normalized spacial score (nSPS) is 28.6. The molecule has 6 heteroatoms. The molecule has 0 bridgehead atoms. The minimum Gasteiger partial charge on any atom is -0.468 e. The van der Waals surface area contributed by atoms with Gasteiger partial charge in [0.25, 0.3) is 0 Å². The molecule has 4 atom stereocenters. The van der Waals surface area contributed by atoms with Crippen LogP contribution in [0.25, 0.3) is 0 Å². The Hall–Kier alpha value is -1.95. The van der Waals surface area contributed by atoms with Crippen LogP contribution >= 0.6 is 0 Å². The van der Waals surface area contributed by atoms with Crippen molar-refractivity contribution in [1.82, 2.24) is 5.32 Å². The molecule has 1 aliphatic heterocycles. The number of carbonyl (C=O) groups is 1. The molecule has 1 aromatic rings. The number of nitro groups is 1. The molecule has 1 N–H and O–H groups in total. The number of rotatable bonds is 4. The Morgan fingerprint density at radius 3 is 2.43 bits per heavy atom. The number of ether oxygens (including phenoxy) is 1. The molecule has 2 rings (SSSR count). The number of benzene rings is 1. The first-order valence-electron chi connectivity index (χ1n) is 6.99. The first-order chi connectivity index (χ1) is 9.97. The minimum atomic E-state index is -0.850. The maximum Gasteiger partial charge on any atom is 0.323 e. The predicted molar refractivity (Wildman–Crippen MR) is 77.2 cm³/mol. The van der Waals surface area contributed by atoms with Gasteiger partial charge in [0.1, 0.15) is 12.1 Å². The SMILES string of the molecule is COC(=O)[C@H]1N[C@@H](c2ccccc2)[C@H]([N+](=O)[O-])[C@H]1C(C)C. The summed E-state index contributed by atoms with van der Waals surface area (Å²) in [7, 11) is 1.30. The highest BCUT2D eigenvalue weighted by molar-refractivity contribution is 5.77. The van der Waals surface area contributed by atoms with Crippen LogP contribution in [0.15, 0.2) is 30.3 Å². The van der Waals surface area contributed by atoms with Gasteiger partial charge in [-0.15, -0.1) is 0 Å². The van der Waals surface area contributed by atoms with Gasteiger partial charge in [0, 0.05) is 4.92 Å². The van der Waals surface area contributed by atoms with E-state index >= 15 is 0 Å². The molecule has 1 aliphatic rings. The first-order valence-corrected chi connectivity index (χ1v) is 6.99. The van der Waals surface area contributed by atoms with Gasteiger partial charge in [0.15, 0.2) is 0 Å². The topological polar surface area (TPSA) is 81.5 Å². The van der Waals surface area contributed by atoms with Gasteiger partial charge in [-0.3, -0.25) is 20.2 Å². The Morgan fingerprint density at radius 2 is 1.95 bits per heavy atom. The molecule has 114 valence electrons. The smallest absolute Gasteiger partial charge is 0.323 e. The fourth-order valence-electron chi connectivity index (χ4n) is 3.17. The lowest BCUT2D eigenvalue weighted by atomic mass is 9.83. The zero-order valence-electron chi connectivity index (χ0n) is 12.4. The summed E-state index contributed by atoms with van der Waals surface area (Å²) in [6, 6.07) is 7.21. The van der Waals surface area contributed by atoms with Gasteiger partial charge < -0.3 is 4.74 Å². The molecular formula is C15H20N2O4. The third-order valence-electron chi connectivity index (χ3n) is 4.11. The van der Waals surface area contributed by atoms with Crippen LogP contribution in [0.2, 0.25) is 0 Å². The zero-order valence-corrected chi connectivity index (χ0v) is 12.4. The van der Waals surface area contributed by atoms with Crippen molar-refractivity contribution in [2.45, 2.75) is 32.0 Å². The molecule has 0 unspecified atom stereocenters. The Balaban J connectivity index is 2.42. The highest BCUT2D eigenvalue weighted by Gasteiger charge is 2.55. The van der Waals surface area contributed by atoms with Crippen molar-refractivity contribution >= 4 is 5.97 Å². The van der Waals surface area contributed by atoms with E-state index in [4.69, 9.17) is 4.74 Å². The lowest BCUT2D eigenvalue weighted by Crippen LogP contribution is -2.41. The summed E-state index contributed by atoms with van der Waals surface area (Å²) in [5.74, 6) is -0.859. The van der Waals surface area contributed by atoms with Crippen LogP contribution in [-0.4, -0.2) is 30.1 Å². The van der Waals surface area contributed by atoms with Crippen molar-refractivity contribution in [3.63, 3.8) is 0 Å². The van der Waals surface area contributed by atoms with Gasteiger partial charge in [-0.05, 0) is 11.5 Å². The highest BCUT2D eigenvalue weighted by Crippen LogP contribution is 2.38. The second-order valence-electron chi connectivity index (χ2n) is 5.65. The van der Waals surface area contributed by atoms with E-state index < -0.39 is 30.0 Å². The number of nitrogens with one attached hydrogen (secondary N) is 1. The van der Waals surface area contributed by atoms with Crippen molar-refractivity contribution in [1.29, 1.82) is 0 Å². The number of nitrogens with zero attached hydrogens (tertiary/aromatic N) is 1. The Morgan fingerprint density at radius 1 is 1.33 bits per heavy atom.